The van der Waals surface area contributed by atoms with Crippen LogP contribution in [-0.4, -0.2) is 28.8 Å². The molecule has 1 atom stereocenters. The molecule has 2 N–H and O–H groups in total. The molecule has 0 bridgehead atoms. The van der Waals surface area contributed by atoms with Crippen molar-refractivity contribution in [3.8, 4) is 0 Å². The van der Waals surface area contributed by atoms with Crippen LogP contribution in [0, 0.1) is 0 Å². The van der Waals surface area contributed by atoms with Gasteiger partial charge in [0.05, 0.1) is 6.42 Å². The van der Waals surface area contributed by atoms with Gasteiger partial charge in [0.15, 0.2) is 0 Å². The van der Waals surface area contributed by atoms with Gasteiger partial charge >= 0.3 is 12.1 Å². The third-order valence-electron chi connectivity index (χ3n) is 3.06. The molecule has 0 spiro atoms. The van der Waals surface area contributed by atoms with Crippen molar-refractivity contribution in [1.82, 2.24) is 5.32 Å². The Balaban J connectivity index is 2.70. The lowest BCUT2D eigenvalue weighted by Crippen LogP contribution is -2.41. The third kappa shape index (κ3) is 7.11. The summed E-state index contributed by atoms with van der Waals surface area (Å²) in [5.74, 6) is -0.953. The van der Waals surface area contributed by atoms with Crippen LogP contribution in [0.3, 0.4) is 0 Å². The molecular formula is C17H25NO4. The van der Waals surface area contributed by atoms with E-state index in [4.69, 9.17) is 9.84 Å². The van der Waals surface area contributed by atoms with Gasteiger partial charge < -0.3 is 15.2 Å². The predicted octanol–water partition coefficient (Wildman–Crippen LogP) is 3.16. The van der Waals surface area contributed by atoms with Gasteiger partial charge in [-0.1, -0.05) is 31.2 Å². The number of nitrogens with one attached hydrogen (secondary N) is 1. The second-order valence-electron chi connectivity index (χ2n) is 6.32. The molecule has 122 valence electrons. The average molecular weight is 307 g/mol. The summed E-state index contributed by atoms with van der Waals surface area (Å²) in [6.07, 6.45) is 0.670. The highest BCUT2D eigenvalue weighted by Gasteiger charge is 2.21. The Hall–Kier alpha value is -2.04. The number of carboxylic acids is 1. The van der Waals surface area contributed by atoms with Crippen LogP contribution in [0.2, 0.25) is 0 Å². The molecule has 0 aliphatic rings. The maximum atomic E-state index is 11.8. The minimum atomic E-state index is -0.953. The summed E-state index contributed by atoms with van der Waals surface area (Å²) in [5, 5.41) is 11.6. The van der Waals surface area contributed by atoms with Crippen molar-refractivity contribution in [2.75, 3.05) is 0 Å². The van der Waals surface area contributed by atoms with E-state index < -0.39 is 23.7 Å². The molecule has 1 aromatic rings. The van der Waals surface area contributed by atoms with Crippen molar-refractivity contribution in [1.29, 1.82) is 0 Å². The smallest absolute Gasteiger partial charge is 0.407 e. The summed E-state index contributed by atoms with van der Waals surface area (Å²) in [6, 6.07) is 7.45. The Morgan fingerprint density at radius 2 is 1.73 bits per heavy atom. The van der Waals surface area contributed by atoms with E-state index in [1.54, 1.807) is 20.8 Å². The van der Waals surface area contributed by atoms with E-state index in [1.165, 1.54) is 5.56 Å². The van der Waals surface area contributed by atoms with Gasteiger partial charge in [0, 0.05) is 6.04 Å². The van der Waals surface area contributed by atoms with Gasteiger partial charge in [-0.2, -0.15) is 0 Å². The largest absolute Gasteiger partial charge is 0.481 e. The number of carbonyl (C=O) groups is 2. The Bertz CT molecular complexity index is 502. The first-order valence-corrected chi connectivity index (χ1v) is 7.48. The van der Waals surface area contributed by atoms with Crippen LogP contribution in [-0.2, 0) is 22.4 Å². The number of hydrogen-bond acceptors (Lipinski definition) is 3. The van der Waals surface area contributed by atoms with Crippen LogP contribution < -0.4 is 5.32 Å². The van der Waals surface area contributed by atoms with Gasteiger partial charge in [-0.05, 0) is 44.7 Å². The maximum Gasteiger partial charge on any atom is 0.407 e. The van der Waals surface area contributed by atoms with E-state index in [0.717, 1.165) is 12.0 Å². The van der Waals surface area contributed by atoms with Gasteiger partial charge in [-0.15, -0.1) is 0 Å². The number of carboxylic acid groups (broad SMARTS) is 1. The molecule has 22 heavy (non-hydrogen) atoms. The van der Waals surface area contributed by atoms with Gasteiger partial charge in [0.1, 0.15) is 5.60 Å². The molecule has 0 aliphatic heterocycles. The minimum Gasteiger partial charge on any atom is -0.481 e. The van der Waals surface area contributed by atoms with Crippen LogP contribution in [0.1, 0.15) is 45.2 Å². The van der Waals surface area contributed by atoms with E-state index in [9.17, 15) is 9.59 Å². The quantitative estimate of drug-likeness (QED) is 0.846. The lowest BCUT2D eigenvalue weighted by molar-refractivity contribution is -0.137. The van der Waals surface area contributed by atoms with Gasteiger partial charge in [0.2, 0.25) is 0 Å². The van der Waals surface area contributed by atoms with Crippen LogP contribution in [0.4, 0.5) is 4.79 Å². The van der Waals surface area contributed by atoms with Crippen molar-refractivity contribution >= 4 is 12.1 Å². The summed E-state index contributed by atoms with van der Waals surface area (Å²) in [4.78, 5) is 22.8. The highest BCUT2D eigenvalue weighted by Crippen LogP contribution is 2.11. The van der Waals surface area contributed by atoms with Crippen LogP contribution in [0.5, 0.6) is 0 Å². The number of amides is 1. The molecule has 1 rings (SSSR count). The van der Waals surface area contributed by atoms with Crippen molar-refractivity contribution in [2.24, 2.45) is 0 Å². The second-order valence-corrected chi connectivity index (χ2v) is 6.32. The molecule has 1 amide bonds. The molecule has 0 fully saturated rings. The predicted molar refractivity (Wildman–Crippen MR) is 84.9 cm³/mol. The minimum absolute atomic E-state index is 0.144. The zero-order valence-electron chi connectivity index (χ0n) is 13.7. The van der Waals surface area contributed by atoms with Gasteiger partial charge in [-0.3, -0.25) is 4.79 Å². The van der Waals surface area contributed by atoms with E-state index in [2.05, 4.69) is 12.2 Å². The zero-order valence-corrected chi connectivity index (χ0v) is 13.7. The molecule has 0 saturated carbocycles. The van der Waals surface area contributed by atoms with E-state index in [-0.39, 0.29) is 6.42 Å². The number of rotatable bonds is 6. The third-order valence-corrected chi connectivity index (χ3v) is 3.06. The average Bonchev–Trinajstić information content (AvgIpc) is 2.36. The molecule has 0 radical (unpaired) electrons. The first-order chi connectivity index (χ1) is 10.2. The Morgan fingerprint density at radius 1 is 1.18 bits per heavy atom. The summed E-state index contributed by atoms with van der Waals surface area (Å²) < 4.78 is 5.18. The van der Waals surface area contributed by atoms with Crippen molar-refractivity contribution in [3.05, 3.63) is 35.4 Å². The lowest BCUT2D eigenvalue weighted by Gasteiger charge is -2.23. The zero-order chi connectivity index (χ0) is 16.8. The van der Waals surface area contributed by atoms with Crippen LogP contribution >= 0.6 is 0 Å². The van der Waals surface area contributed by atoms with Crippen LogP contribution in [0.25, 0.3) is 0 Å². The Labute approximate surface area is 131 Å². The number of alkyl carbamates (subject to hydrolysis) is 1. The SMILES string of the molecule is CCc1ccc(C[C@H](CC(=O)O)NC(=O)OC(C)(C)C)cc1. The summed E-state index contributed by atoms with van der Waals surface area (Å²) in [5.41, 5.74) is 1.60. The van der Waals surface area contributed by atoms with Crippen molar-refractivity contribution < 1.29 is 19.4 Å². The normalized spacial score (nSPS) is 12.5. The fourth-order valence-corrected chi connectivity index (χ4v) is 2.05. The summed E-state index contributed by atoms with van der Waals surface area (Å²) in [7, 11) is 0. The highest BCUT2D eigenvalue weighted by atomic mass is 16.6. The first-order valence-electron chi connectivity index (χ1n) is 7.48. The second kappa shape index (κ2) is 7.82. The molecule has 1 aromatic carbocycles. The maximum absolute atomic E-state index is 11.8. The van der Waals surface area contributed by atoms with E-state index in [1.807, 2.05) is 24.3 Å². The number of aliphatic carboxylic acids is 1. The number of ether oxygens (including phenoxy) is 1. The lowest BCUT2D eigenvalue weighted by atomic mass is 10.0. The fraction of sp³-hybridized carbons (Fsp3) is 0.529. The van der Waals surface area contributed by atoms with Crippen molar-refractivity contribution in [2.45, 2.75) is 58.6 Å². The number of aryl methyl sites for hydroxylation is 1. The molecule has 0 saturated heterocycles. The fourth-order valence-electron chi connectivity index (χ4n) is 2.05. The molecule has 0 unspecified atom stereocenters. The summed E-state index contributed by atoms with van der Waals surface area (Å²) in [6.45, 7) is 7.37. The molecular weight excluding hydrogens is 282 g/mol. The molecule has 0 aromatic heterocycles. The van der Waals surface area contributed by atoms with Crippen molar-refractivity contribution in [3.63, 3.8) is 0 Å². The van der Waals surface area contributed by atoms with Gasteiger partial charge in [0.25, 0.3) is 0 Å². The first kappa shape index (κ1) is 18.0. The highest BCUT2D eigenvalue weighted by molar-refractivity contribution is 5.71. The number of benzene rings is 1. The van der Waals surface area contributed by atoms with Crippen LogP contribution in [0.15, 0.2) is 24.3 Å². The standard InChI is InChI=1S/C17H25NO4/c1-5-12-6-8-13(9-7-12)10-14(11-15(19)20)18-16(21)22-17(2,3)4/h6-9,14H,5,10-11H2,1-4H3,(H,18,21)(H,19,20)/t14-/m1/s1. The monoisotopic (exact) mass is 307 g/mol. The Morgan fingerprint density at radius 3 is 2.18 bits per heavy atom. The van der Waals surface area contributed by atoms with E-state index >= 15 is 0 Å². The molecule has 5 heteroatoms. The molecule has 0 aliphatic carbocycles. The molecule has 0 heterocycles. The number of hydrogen-bond donors (Lipinski definition) is 2. The Kier molecular flexibility index (Phi) is 6.40. The summed E-state index contributed by atoms with van der Waals surface area (Å²) >= 11 is 0. The molecule has 5 nitrogen and oxygen atoms in total. The van der Waals surface area contributed by atoms with E-state index in [0.29, 0.717) is 6.42 Å². The topological polar surface area (TPSA) is 75.6 Å². The number of carbonyl (C=O) groups excluding carboxylic acids is 1. The van der Waals surface area contributed by atoms with Gasteiger partial charge in [-0.25, -0.2) is 4.79 Å².